The first-order valence-corrected chi connectivity index (χ1v) is 22.6. The zero-order chi connectivity index (χ0) is 33.5. The van der Waals surface area contributed by atoms with Gasteiger partial charge in [0.15, 0.2) is 0 Å². The van der Waals surface area contributed by atoms with Gasteiger partial charge in [0.25, 0.3) is 0 Å². The van der Waals surface area contributed by atoms with Crippen LogP contribution in [0.2, 0.25) is 0 Å². The summed E-state index contributed by atoms with van der Waals surface area (Å²) in [6.45, 7) is 15.3. The molecule has 0 fully saturated rings. The summed E-state index contributed by atoms with van der Waals surface area (Å²) in [5.41, 5.74) is 0. The maximum Gasteiger partial charge on any atom is 0.0786 e. The molecule has 2 nitrogen and oxygen atoms in total. The van der Waals surface area contributed by atoms with E-state index in [1.807, 2.05) is 0 Å². The molecule has 2 heteroatoms. The van der Waals surface area contributed by atoms with Crippen LogP contribution in [0.1, 0.15) is 265 Å². The number of unbranched alkanes of at least 4 members (excludes halogenated alkanes) is 33. The van der Waals surface area contributed by atoms with Crippen molar-refractivity contribution in [1.29, 1.82) is 0 Å². The molecule has 0 rings (SSSR count). The molecule has 0 aromatic heterocycles. The molecule has 0 aromatic rings. The monoisotopic (exact) mass is 666 g/mol. The van der Waals surface area contributed by atoms with Gasteiger partial charge in [-0.05, 0) is 44.9 Å². The van der Waals surface area contributed by atoms with Gasteiger partial charge in [0.05, 0.1) is 26.2 Å². The Kier molecular flexibility index (Phi) is 43.9. The molecular formula is C45H95NO. The van der Waals surface area contributed by atoms with E-state index in [9.17, 15) is 0 Å². The van der Waals surface area contributed by atoms with Crippen molar-refractivity contribution < 1.29 is 9.96 Å². The minimum absolute atomic E-state index is 0. The second kappa shape index (κ2) is 42.1. The van der Waals surface area contributed by atoms with Gasteiger partial charge in [0.2, 0.25) is 0 Å². The smallest absolute Gasteiger partial charge is 0.0786 e. The summed E-state index contributed by atoms with van der Waals surface area (Å²) in [5.74, 6) is 0. The Labute approximate surface area is 300 Å². The zero-order valence-electron chi connectivity index (χ0n) is 33.9. The molecule has 286 valence electrons. The lowest BCUT2D eigenvalue weighted by Gasteiger charge is -2.39. The second-order valence-corrected chi connectivity index (χ2v) is 15.9. The molecule has 0 unspecified atom stereocenters. The molecule has 0 aliphatic heterocycles. The van der Waals surface area contributed by atoms with Gasteiger partial charge in [0.1, 0.15) is 0 Å². The average Bonchev–Trinajstić information content (AvgIpc) is 3.06. The van der Waals surface area contributed by atoms with Gasteiger partial charge < -0.3 is 9.96 Å². The lowest BCUT2D eigenvalue weighted by Crippen LogP contribution is -2.50. The molecule has 0 saturated heterocycles. The van der Waals surface area contributed by atoms with Gasteiger partial charge >= 0.3 is 0 Å². The van der Waals surface area contributed by atoms with Crippen LogP contribution in [0.3, 0.4) is 0 Å². The molecule has 47 heavy (non-hydrogen) atoms. The lowest BCUT2D eigenvalue weighted by atomic mass is 10.0. The Bertz CT molecular complexity index is 465. The standard InChI is InChI=1S/C45H94N.H2O/c1-5-9-12-15-18-21-24-27-30-33-36-39-43-46(42-8-4,44-40-37-34-31-28-25-22-19-16-13-10-6-2)45-41-38-35-32-29-26-23-20-17-14-11-7-3;/h5-45H2,1-4H3;1H2/q+1;/p-1. The second-order valence-electron chi connectivity index (χ2n) is 15.9. The first kappa shape index (κ1) is 49.0. The average molecular weight is 666 g/mol. The summed E-state index contributed by atoms with van der Waals surface area (Å²) < 4.78 is 1.46. The fourth-order valence-electron chi connectivity index (χ4n) is 8.01. The largest absolute Gasteiger partial charge is 0.870 e. The van der Waals surface area contributed by atoms with Gasteiger partial charge in [-0.3, -0.25) is 0 Å². The van der Waals surface area contributed by atoms with Crippen molar-refractivity contribution in [2.75, 3.05) is 26.2 Å². The van der Waals surface area contributed by atoms with Crippen LogP contribution in [-0.4, -0.2) is 36.1 Å². The summed E-state index contributed by atoms with van der Waals surface area (Å²) in [6.07, 6.45) is 54.3. The fraction of sp³-hybridized carbons (Fsp3) is 1.00. The van der Waals surface area contributed by atoms with Gasteiger partial charge in [-0.15, -0.1) is 0 Å². The van der Waals surface area contributed by atoms with Gasteiger partial charge in [0, 0.05) is 0 Å². The predicted molar refractivity (Wildman–Crippen MR) is 215 cm³/mol. The van der Waals surface area contributed by atoms with Crippen LogP contribution in [0.5, 0.6) is 0 Å². The van der Waals surface area contributed by atoms with Crippen molar-refractivity contribution >= 4 is 0 Å². The van der Waals surface area contributed by atoms with Crippen molar-refractivity contribution in [2.45, 2.75) is 265 Å². The van der Waals surface area contributed by atoms with Gasteiger partial charge in [-0.2, -0.15) is 0 Å². The summed E-state index contributed by atoms with van der Waals surface area (Å²) in [7, 11) is 0. The Morgan fingerprint density at radius 3 is 0.532 bits per heavy atom. The van der Waals surface area contributed by atoms with Crippen LogP contribution in [0.4, 0.5) is 0 Å². The van der Waals surface area contributed by atoms with Crippen molar-refractivity contribution in [1.82, 2.24) is 0 Å². The van der Waals surface area contributed by atoms with E-state index < -0.39 is 0 Å². The number of hydrogen-bond donors (Lipinski definition) is 0. The highest BCUT2D eigenvalue weighted by molar-refractivity contribution is 4.55. The highest BCUT2D eigenvalue weighted by Gasteiger charge is 2.25. The van der Waals surface area contributed by atoms with E-state index in [0.717, 1.165) is 0 Å². The first-order chi connectivity index (χ1) is 22.7. The molecule has 0 aliphatic carbocycles. The molecule has 0 spiro atoms. The molecule has 0 aliphatic rings. The maximum absolute atomic E-state index is 2.46. The molecule has 0 amide bonds. The molecule has 1 N–H and O–H groups in total. The van der Waals surface area contributed by atoms with Crippen LogP contribution in [0.15, 0.2) is 0 Å². The predicted octanol–water partition coefficient (Wildman–Crippen LogP) is 16.1. The van der Waals surface area contributed by atoms with Crippen molar-refractivity contribution in [3.8, 4) is 0 Å². The van der Waals surface area contributed by atoms with Crippen LogP contribution in [-0.2, 0) is 0 Å². The van der Waals surface area contributed by atoms with Crippen LogP contribution < -0.4 is 0 Å². The number of hydrogen-bond acceptors (Lipinski definition) is 1. The van der Waals surface area contributed by atoms with E-state index in [1.165, 1.54) is 268 Å². The third-order valence-corrected chi connectivity index (χ3v) is 11.2. The molecule has 0 bridgehead atoms. The van der Waals surface area contributed by atoms with Gasteiger partial charge in [-0.25, -0.2) is 0 Å². The van der Waals surface area contributed by atoms with E-state index in [0.29, 0.717) is 0 Å². The molecule has 0 radical (unpaired) electrons. The van der Waals surface area contributed by atoms with Crippen LogP contribution in [0, 0.1) is 0 Å². The van der Waals surface area contributed by atoms with Crippen LogP contribution in [0.25, 0.3) is 0 Å². The highest BCUT2D eigenvalue weighted by Crippen LogP contribution is 2.20. The minimum atomic E-state index is 0. The number of rotatable bonds is 41. The van der Waals surface area contributed by atoms with Crippen molar-refractivity contribution in [3.05, 3.63) is 0 Å². The lowest BCUT2D eigenvalue weighted by molar-refractivity contribution is -0.929. The Hall–Kier alpha value is -0.0800. The van der Waals surface area contributed by atoms with E-state index in [2.05, 4.69) is 27.7 Å². The SMILES string of the molecule is CCCCCCCCCCCCCC[N+](CCC)(CCCCCCCCCCCCCC)CCCCCCCCCCCCCC.[OH-]. The Morgan fingerprint density at radius 1 is 0.191 bits per heavy atom. The molecule has 0 heterocycles. The third kappa shape index (κ3) is 37.0. The van der Waals surface area contributed by atoms with E-state index in [1.54, 1.807) is 0 Å². The highest BCUT2D eigenvalue weighted by atomic mass is 16.0. The van der Waals surface area contributed by atoms with Gasteiger partial charge in [-0.1, -0.05) is 220 Å². The zero-order valence-corrected chi connectivity index (χ0v) is 33.9. The molecule has 0 atom stereocenters. The normalized spacial score (nSPS) is 11.7. The molecule has 0 saturated carbocycles. The third-order valence-electron chi connectivity index (χ3n) is 11.2. The Morgan fingerprint density at radius 2 is 0.362 bits per heavy atom. The quantitative estimate of drug-likeness (QED) is 0.0472. The summed E-state index contributed by atoms with van der Waals surface area (Å²) in [6, 6.07) is 0. The van der Waals surface area contributed by atoms with E-state index in [4.69, 9.17) is 0 Å². The maximum atomic E-state index is 2.46. The summed E-state index contributed by atoms with van der Waals surface area (Å²) >= 11 is 0. The van der Waals surface area contributed by atoms with Crippen molar-refractivity contribution in [3.63, 3.8) is 0 Å². The number of nitrogens with zero attached hydrogens (tertiary/aromatic N) is 1. The summed E-state index contributed by atoms with van der Waals surface area (Å²) in [4.78, 5) is 0. The Balaban J connectivity index is 0. The van der Waals surface area contributed by atoms with Crippen LogP contribution >= 0.6 is 0 Å². The molecule has 0 aromatic carbocycles. The molecular weight excluding hydrogens is 571 g/mol. The van der Waals surface area contributed by atoms with E-state index >= 15 is 0 Å². The van der Waals surface area contributed by atoms with Crippen molar-refractivity contribution in [2.24, 2.45) is 0 Å². The first-order valence-electron chi connectivity index (χ1n) is 22.6. The number of quaternary nitrogens is 1. The fourth-order valence-corrected chi connectivity index (χ4v) is 8.01. The van der Waals surface area contributed by atoms with E-state index in [-0.39, 0.29) is 5.48 Å². The minimum Gasteiger partial charge on any atom is -0.870 e. The summed E-state index contributed by atoms with van der Waals surface area (Å²) in [5, 5.41) is 0. The topological polar surface area (TPSA) is 30.0 Å².